The van der Waals surface area contributed by atoms with Gasteiger partial charge in [0, 0.05) is 17.5 Å². The number of primary sulfonamides is 1. The van der Waals surface area contributed by atoms with Gasteiger partial charge in [-0.1, -0.05) is 23.2 Å². The average molecular weight is 354 g/mol. The number of ether oxygens (including phenoxy) is 2. The van der Waals surface area contributed by atoms with Crippen LogP contribution in [0.3, 0.4) is 0 Å². The van der Waals surface area contributed by atoms with E-state index in [9.17, 15) is 13.2 Å². The Hall–Kier alpha value is -0.860. The summed E-state index contributed by atoms with van der Waals surface area (Å²) < 4.78 is 33.1. The van der Waals surface area contributed by atoms with Crippen LogP contribution in [0.25, 0.3) is 0 Å². The molecule has 0 spiro atoms. The first-order valence-electron chi connectivity index (χ1n) is 6.05. The van der Waals surface area contributed by atoms with Gasteiger partial charge in [-0.15, -0.1) is 0 Å². The van der Waals surface area contributed by atoms with Crippen LogP contribution in [-0.2, 0) is 19.5 Å². The largest absolute Gasteiger partial charge is 0.462 e. The van der Waals surface area contributed by atoms with Gasteiger partial charge in [0.15, 0.2) is 0 Å². The van der Waals surface area contributed by atoms with Gasteiger partial charge in [0.2, 0.25) is 10.0 Å². The molecule has 1 atom stereocenters. The molecule has 9 heteroatoms. The molecular formula is C12H13Cl2NO5S. The first-order chi connectivity index (χ1) is 9.79. The number of carbonyl (C=O) groups excluding carboxylic acids is 1. The van der Waals surface area contributed by atoms with Crippen LogP contribution in [-0.4, -0.2) is 34.2 Å². The van der Waals surface area contributed by atoms with Gasteiger partial charge in [-0.3, -0.25) is 0 Å². The Morgan fingerprint density at radius 3 is 2.71 bits per heavy atom. The van der Waals surface area contributed by atoms with E-state index in [0.29, 0.717) is 13.2 Å². The van der Waals surface area contributed by atoms with Crippen LogP contribution in [0, 0.1) is 5.92 Å². The van der Waals surface area contributed by atoms with E-state index in [2.05, 4.69) is 0 Å². The van der Waals surface area contributed by atoms with Crippen molar-refractivity contribution in [1.82, 2.24) is 0 Å². The fraction of sp³-hybridized carbons (Fsp3) is 0.417. The van der Waals surface area contributed by atoms with Crippen molar-refractivity contribution in [2.45, 2.75) is 11.3 Å². The molecule has 21 heavy (non-hydrogen) atoms. The highest BCUT2D eigenvalue weighted by molar-refractivity contribution is 7.89. The summed E-state index contributed by atoms with van der Waals surface area (Å²) in [6.45, 7) is 1.33. The summed E-state index contributed by atoms with van der Waals surface area (Å²) in [5.41, 5.74) is -0.132. The lowest BCUT2D eigenvalue weighted by atomic mass is 10.1. The molecule has 0 aromatic heterocycles. The Bertz CT molecular complexity index is 656. The second kappa shape index (κ2) is 6.50. The number of nitrogens with two attached hydrogens (primary N) is 1. The Kier molecular flexibility index (Phi) is 5.11. The standard InChI is InChI=1S/C12H13Cl2NO5S/c13-8-3-9(11(14)10(4-8)21(15,17)18)12(16)20-6-7-1-2-19-5-7/h3-4,7H,1-2,5-6H2,(H2,15,17,18). The van der Waals surface area contributed by atoms with Crippen LogP contribution in [0.15, 0.2) is 17.0 Å². The van der Waals surface area contributed by atoms with E-state index < -0.39 is 20.9 Å². The van der Waals surface area contributed by atoms with Crippen molar-refractivity contribution in [3.63, 3.8) is 0 Å². The molecular weight excluding hydrogens is 341 g/mol. The summed E-state index contributed by atoms with van der Waals surface area (Å²) in [4.78, 5) is 11.6. The molecule has 6 nitrogen and oxygen atoms in total. The van der Waals surface area contributed by atoms with E-state index in [4.69, 9.17) is 37.8 Å². The minimum Gasteiger partial charge on any atom is -0.462 e. The minimum atomic E-state index is -4.09. The third-order valence-electron chi connectivity index (χ3n) is 3.00. The molecule has 116 valence electrons. The van der Waals surface area contributed by atoms with Crippen molar-refractivity contribution in [2.75, 3.05) is 19.8 Å². The van der Waals surface area contributed by atoms with Crippen LogP contribution in [0.4, 0.5) is 0 Å². The van der Waals surface area contributed by atoms with Crippen molar-refractivity contribution in [3.05, 3.63) is 27.7 Å². The smallest absolute Gasteiger partial charge is 0.339 e. The normalized spacial score (nSPS) is 18.7. The van der Waals surface area contributed by atoms with Crippen molar-refractivity contribution < 1.29 is 22.7 Å². The van der Waals surface area contributed by atoms with Crippen LogP contribution >= 0.6 is 23.2 Å². The summed E-state index contributed by atoms with van der Waals surface area (Å²) in [6.07, 6.45) is 0.805. The fourth-order valence-electron chi connectivity index (χ4n) is 1.91. The molecule has 1 aromatic carbocycles. The number of sulfonamides is 1. The van der Waals surface area contributed by atoms with Gasteiger partial charge in [-0.2, -0.15) is 0 Å². The number of carbonyl (C=O) groups is 1. The van der Waals surface area contributed by atoms with Gasteiger partial charge >= 0.3 is 5.97 Å². The molecule has 0 bridgehead atoms. The number of benzene rings is 1. The maximum atomic E-state index is 12.0. The third-order valence-corrected chi connectivity index (χ3v) is 4.68. The molecule has 2 N–H and O–H groups in total. The lowest BCUT2D eigenvalue weighted by Crippen LogP contribution is -2.17. The maximum Gasteiger partial charge on any atom is 0.339 e. The highest BCUT2D eigenvalue weighted by Gasteiger charge is 2.24. The second-order valence-electron chi connectivity index (χ2n) is 4.64. The first kappa shape index (κ1) is 16.5. The quantitative estimate of drug-likeness (QED) is 0.833. The molecule has 1 saturated heterocycles. The maximum absolute atomic E-state index is 12.0. The monoisotopic (exact) mass is 353 g/mol. The first-order valence-corrected chi connectivity index (χ1v) is 8.36. The van der Waals surface area contributed by atoms with Gasteiger partial charge in [-0.25, -0.2) is 18.4 Å². The zero-order chi connectivity index (χ0) is 15.6. The molecule has 1 heterocycles. The van der Waals surface area contributed by atoms with Crippen molar-refractivity contribution in [1.29, 1.82) is 0 Å². The van der Waals surface area contributed by atoms with Crippen molar-refractivity contribution in [2.24, 2.45) is 11.1 Å². The van der Waals surface area contributed by atoms with E-state index in [1.807, 2.05) is 0 Å². The molecule has 1 aromatic rings. The predicted octanol–water partition coefficient (Wildman–Crippen LogP) is 1.83. The molecule has 0 saturated carbocycles. The SMILES string of the molecule is NS(=O)(=O)c1cc(Cl)cc(C(=O)OCC2CCOC2)c1Cl. The molecule has 2 rings (SSSR count). The Morgan fingerprint density at radius 2 is 2.14 bits per heavy atom. The fourth-order valence-corrected chi connectivity index (χ4v) is 3.35. The van der Waals surface area contributed by atoms with Crippen molar-refractivity contribution in [3.8, 4) is 0 Å². The molecule has 0 amide bonds. The zero-order valence-corrected chi connectivity index (χ0v) is 13.2. The highest BCUT2D eigenvalue weighted by atomic mass is 35.5. The van der Waals surface area contributed by atoms with Crippen LogP contribution in [0.1, 0.15) is 16.8 Å². The predicted molar refractivity (Wildman–Crippen MR) is 77.0 cm³/mol. The molecule has 1 aliphatic rings. The number of hydrogen-bond acceptors (Lipinski definition) is 5. The summed E-state index contributed by atoms with van der Waals surface area (Å²) in [7, 11) is -4.09. The number of halogens is 2. The number of rotatable bonds is 4. The average Bonchev–Trinajstić information content (AvgIpc) is 2.90. The summed E-state index contributed by atoms with van der Waals surface area (Å²) >= 11 is 11.7. The van der Waals surface area contributed by atoms with Crippen LogP contribution in [0.2, 0.25) is 10.0 Å². The van der Waals surface area contributed by atoms with Gasteiger partial charge in [0.25, 0.3) is 0 Å². The van der Waals surface area contributed by atoms with Gasteiger partial charge in [-0.05, 0) is 18.6 Å². The Labute approximate surface area is 132 Å². The summed E-state index contributed by atoms with van der Waals surface area (Å²) in [6, 6.07) is 2.33. The topological polar surface area (TPSA) is 95.7 Å². The van der Waals surface area contributed by atoms with E-state index in [-0.39, 0.29) is 28.1 Å². The molecule has 1 unspecified atom stereocenters. The van der Waals surface area contributed by atoms with Crippen molar-refractivity contribution >= 4 is 39.2 Å². The van der Waals surface area contributed by atoms with Gasteiger partial charge in [0.1, 0.15) is 4.90 Å². The third kappa shape index (κ3) is 4.08. The lowest BCUT2D eigenvalue weighted by Gasteiger charge is -2.11. The van der Waals surface area contributed by atoms with E-state index in [1.54, 1.807) is 0 Å². The Balaban J connectivity index is 2.22. The Morgan fingerprint density at radius 1 is 1.43 bits per heavy atom. The van der Waals surface area contributed by atoms with Crippen LogP contribution < -0.4 is 5.14 Å². The molecule has 0 aliphatic carbocycles. The second-order valence-corrected chi connectivity index (χ2v) is 6.98. The van der Waals surface area contributed by atoms with E-state index in [1.165, 1.54) is 6.07 Å². The summed E-state index contributed by atoms with van der Waals surface area (Å²) in [5, 5.41) is 4.76. The number of esters is 1. The van der Waals surface area contributed by atoms with Gasteiger partial charge < -0.3 is 9.47 Å². The number of hydrogen-bond donors (Lipinski definition) is 1. The van der Waals surface area contributed by atoms with E-state index >= 15 is 0 Å². The highest BCUT2D eigenvalue weighted by Crippen LogP contribution is 2.29. The minimum absolute atomic E-state index is 0.0274. The summed E-state index contributed by atoms with van der Waals surface area (Å²) in [5.74, 6) is -0.621. The van der Waals surface area contributed by atoms with Gasteiger partial charge in [0.05, 0.1) is 23.8 Å². The van der Waals surface area contributed by atoms with E-state index in [0.717, 1.165) is 12.5 Å². The van der Waals surface area contributed by atoms with Crippen LogP contribution in [0.5, 0.6) is 0 Å². The molecule has 1 aliphatic heterocycles. The molecule has 0 radical (unpaired) electrons. The zero-order valence-electron chi connectivity index (χ0n) is 10.8. The lowest BCUT2D eigenvalue weighted by molar-refractivity contribution is 0.0428. The molecule has 1 fully saturated rings.